The largest absolute Gasteiger partial charge is 0.497 e. The molecule has 0 spiro atoms. The lowest BCUT2D eigenvalue weighted by molar-refractivity contribution is -0.145. The van der Waals surface area contributed by atoms with Crippen LogP contribution >= 0.6 is 0 Å². The van der Waals surface area contributed by atoms with Crippen LogP contribution in [0.4, 0.5) is 5.69 Å². The molecule has 0 bridgehead atoms. The molecular formula is C21H20N2O5. The van der Waals surface area contributed by atoms with E-state index < -0.39 is 29.9 Å². The second kappa shape index (κ2) is 7.09. The highest BCUT2D eigenvalue weighted by molar-refractivity contribution is 6.23. The minimum absolute atomic E-state index is 0.319. The van der Waals surface area contributed by atoms with Gasteiger partial charge in [0.05, 0.1) is 31.7 Å². The molecule has 7 heteroatoms. The van der Waals surface area contributed by atoms with Crippen LogP contribution in [-0.4, -0.2) is 38.0 Å². The number of rotatable bonds is 4. The summed E-state index contributed by atoms with van der Waals surface area (Å²) in [7, 11) is 2.85. The molecule has 7 nitrogen and oxygen atoms in total. The van der Waals surface area contributed by atoms with Crippen molar-refractivity contribution in [3.63, 3.8) is 0 Å². The molecule has 2 aromatic carbocycles. The lowest BCUT2D eigenvalue weighted by Gasteiger charge is -2.22. The number of ether oxygens (including phenoxy) is 2. The summed E-state index contributed by atoms with van der Waals surface area (Å²) in [4.78, 5) is 39.9. The lowest BCUT2D eigenvalue weighted by Crippen LogP contribution is -2.43. The van der Waals surface area contributed by atoms with E-state index >= 15 is 0 Å². The fourth-order valence-electron chi connectivity index (χ4n) is 4.10. The van der Waals surface area contributed by atoms with Crippen LogP contribution in [-0.2, 0) is 19.1 Å². The Morgan fingerprint density at radius 2 is 1.57 bits per heavy atom. The van der Waals surface area contributed by atoms with Crippen LogP contribution in [0, 0.1) is 11.8 Å². The maximum Gasteiger partial charge on any atom is 0.323 e. The molecule has 2 saturated heterocycles. The molecule has 0 saturated carbocycles. The predicted molar refractivity (Wildman–Crippen MR) is 101 cm³/mol. The zero-order chi connectivity index (χ0) is 19.8. The number of imide groups is 1. The number of nitrogens with one attached hydrogen (secondary N) is 1. The molecule has 2 aliphatic heterocycles. The average Bonchev–Trinajstić information content (AvgIpc) is 3.25. The van der Waals surface area contributed by atoms with Crippen molar-refractivity contribution in [2.75, 3.05) is 19.1 Å². The summed E-state index contributed by atoms with van der Waals surface area (Å²) < 4.78 is 10.1. The van der Waals surface area contributed by atoms with Gasteiger partial charge >= 0.3 is 5.97 Å². The summed E-state index contributed by atoms with van der Waals surface area (Å²) in [5.74, 6) is -2.08. The maximum absolute atomic E-state index is 13.2. The van der Waals surface area contributed by atoms with Gasteiger partial charge in [-0.15, -0.1) is 0 Å². The Hall–Kier alpha value is -3.19. The Labute approximate surface area is 162 Å². The first-order chi connectivity index (χ1) is 13.6. The van der Waals surface area contributed by atoms with Gasteiger partial charge in [-0.05, 0) is 29.8 Å². The molecule has 28 heavy (non-hydrogen) atoms. The second-order valence-electron chi connectivity index (χ2n) is 6.82. The highest BCUT2D eigenvalue weighted by Crippen LogP contribution is 2.45. The number of fused-ring (bicyclic) bond motifs is 1. The Morgan fingerprint density at radius 1 is 0.929 bits per heavy atom. The molecule has 2 fully saturated rings. The second-order valence-corrected chi connectivity index (χ2v) is 6.82. The van der Waals surface area contributed by atoms with Gasteiger partial charge in [0.15, 0.2) is 0 Å². The fraction of sp³-hybridized carbons (Fsp3) is 0.286. The van der Waals surface area contributed by atoms with Crippen LogP contribution in [0.5, 0.6) is 5.75 Å². The summed E-state index contributed by atoms with van der Waals surface area (Å²) in [6.07, 6.45) is 0. The SMILES string of the molecule is COC(=O)C1NC(c2ccc(OC)cc2)[C@@H]2C(=O)N(c3ccccc3)C(=O)[C@H]12. The number of hydrogen-bond acceptors (Lipinski definition) is 6. The molecule has 0 radical (unpaired) electrons. The number of esters is 1. The van der Waals surface area contributed by atoms with Crippen LogP contribution < -0.4 is 15.0 Å². The monoisotopic (exact) mass is 380 g/mol. The van der Waals surface area contributed by atoms with Crippen LogP contribution in [0.1, 0.15) is 11.6 Å². The fourth-order valence-corrected chi connectivity index (χ4v) is 4.10. The van der Waals surface area contributed by atoms with E-state index in [1.807, 2.05) is 18.2 Å². The minimum Gasteiger partial charge on any atom is -0.497 e. The molecule has 2 aromatic rings. The van der Waals surface area contributed by atoms with E-state index in [-0.39, 0.29) is 11.8 Å². The number of methoxy groups -OCH3 is 2. The number of carbonyl (C=O) groups is 3. The zero-order valence-corrected chi connectivity index (χ0v) is 15.5. The van der Waals surface area contributed by atoms with Crippen molar-refractivity contribution in [2.45, 2.75) is 12.1 Å². The Kier molecular flexibility index (Phi) is 4.60. The van der Waals surface area contributed by atoms with Gasteiger partial charge in [-0.3, -0.25) is 19.7 Å². The molecule has 1 N–H and O–H groups in total. The average molecular weight is 380 g/mol. The first kappa shape index (κ1) is 18.2. The number of nitrogens with zero attached hydrogens (tertiary/aromatic N) is 1. The highest BCUT2D eigenvalue weighted by Gasteiger charge is 2.61. The molecule has 2 unspecified atom stereocenters. The summed E-state index contributed by atoms with van der Waals surface area (Å²) in [6.45, 7) is 0. The van der Waals surface area contributed by atoms with Gasteiger partial charge in [-0.25, -0.2) is 4.90 Å². The maximum atomic E-state index is 13.2. The third-order valence-corrected chi connectivity index (χ3v) is 5.42. The normalized spacial score (nSPS) is 26.3. The van der Waals surface area contributed by atoms with Crippen molar-refractivity contribution in [1.29, 1.82) is 0 Å². The molecule has 0 aliphatic carbocycles. The van der Waals surface area contributed by atoms with Gasteiger partial charge in [0, 0.05) is 6.04 Å². The van der Waals surface area contributed by atoms with Gasteiger partial charge < -0.3 is 9.47 Å². The van der Waals surface area contributed by atoms with E-state index in [4.69, 9.17) is 9.47 Å². The molecule has 4 atom stereocenters. The van der Waals surface area contributed by atoms with Crippen molar-refractivity contribution < 1.29 is 23.9 Å². The molecular weight excluding hydrogens is 360 g/mol. The predicted octanol–water partition coefficient (Wildman–Crippen LogP) is 1.69. The minimum atomic E-state index is -0.882. The van der Waals surface area contributed by atoms with E-state index in [2.05, 4.69) is 5.32 Å². The molecule has 2 heterocycles. The van der Waals surface area contributed by atoms with Gasteiger partial charge in [0.1, 0.15) is 11.8 Å². The Bertz CT molecular complexity index is 912. The number of para-hydroxylation sites is 1. The summed E-state index contributed by atoms with van der Waals surface area (Å²) in [5, 5.41) is 3.15. The van der Waals surface area contributed by atoms with Crippen molar-refractivity contribution >= 4 is 23.5 Å². The van der Waals surface area contributed by atoms with Gasteiger partial charge in [-0.1, -0.05) is 30.3 Å². The number of carbonyl (C=O) groups excluding carboxylic acids is 3. The first-order valence-corrected chi connectivity index (χ1v) is 8.97. The van der Waals surface area contributed by atoms with Crippen LogP contribution in [0.15, 0.2) is 54.6 Å². The Balaban J connectivity index is 1.75. The quantitative estimate of drug-likeness (QED) is 0.642. The van der Waals surface area contributed by atoms with E-state index in [1.165, 1.54) is 12.0 Å². The van der Waals surface area contributed by atoms with E-state index in [9.17, 15) is 14.4 Å². The van der Waals surface area contributed by atoms with Crippen molar-refractivity contribution in [3.8, 4) is 5.75 Å². The number of anilines is 1. The molecule has 144 valence electrons. The van der Waals surface area contributed by atoms with Gasteiger partial charge in [-0.2, -0.15) is 0 Å². The first-order valence-electron chi connectivity index (χ1n) is 8.97. The third-order valence-electron chi connectivity index (χ3n) is 5.42. The van der Waals surface area contributed by atoms with Crippen LogP contribution in [0.25, 0.3) is 0 Å². The number of benzene rings is 2. The molecule has 2 aliphatic rings. The standard InChI is InChI=1S/C21H20N2O5/c1-27-14-10-8-12(9-11-14)17-15-16(18(22-17)21(26)28-2)20(25)23(19(15)24)13-6-4-3-5-7-13/h3-11,15-18,22H,1-2H3/t15-,16+,17?,18?/m1/s1. The summed E-state index contributed by atoms with van der Waals surface area (Å²) in [6, 6.07) is 14.6. The molecule has 0 aromatic heterocycles. The van der Waals surface area contributed by atoms with Crippen LogP contribution in [0.3, 0.4) is 0 Å². The molecule has 4 rings (SSSR count). The van der Waals surface area contributed by atoms with Crippen LogP contribution in [0.2, 0.25) is 0 Å². The summed E-state index contributed by atoms with van der Waals surface area (Å²) >= 11 is 0. The number of hydrogen-bond donors (Lipinski definition) is 1. The van der Waals surface area contributed by atoms with E-state index in [1.54, 1.807) is 43.5 Å². The third kappa shape index (κ3) is 2.75. The van der Waals surface area contributed by atoms with Crippen molar-refractivity contribution in [3.05, 3.63) is 60.2 Å². The highest BCUT2D eigenvalue weighted by atomic mass is 16.5. The van der Waals surface area contributed by atoms with E-state index in [0.29, 0.717) is 11.4 Å². The van der Waals surface area contributed by atoms with Gasteiger partial charge in [0.25, 0.3) is 0 Å². The van der Waals surface area contributed by atoms with Crippen molar-refractivity contribution in [1.82, 2.24) is 5.32 Å². The topological polar surface area (TPSA) is 84.9 Å². The smallest absolute Gasteiger partial charge is 0.323 e. The Morgan fingerprint density at radius 3 is 2.18 bits per heavy atom. The number of amides is 2. The van der Waals surface area contributed by atoms with E-state index in [0.717, 1.165) is 5.56 Å². The molecule has 2 amide bonds. The zero-order valence-electron chi connectivity index (χ0n) is 15.5. The van der Waals surface area contributed by atoms with Crippen molar-refractivity contribution in [2.24, 2.45) is 11.8 Å². The lowest BCUT2D eigenvalue weighted by atomic mass is 9.86. The summed E-state index contributed by atoms with van der Waals surface area (Å²) in [5.41, 5.74) is 1.31. The van der Waals surface area contributed by atoms with Gasteiger partial charge in [0.2, 0.25) is 11.8 Å².